The number of rotatable bonds is 6. The number of anilines is 2. The van der Waals surface area contributed by atoms with Crippen molar-refractivity contribution in [3.8, 4) is 5.75 Å². The molecule has 0 saturated heterocycles. The number of ether oxygens (including phenoxy) is 1. The Labute approximate surface area is 121 Å². The number of benzene rings is 1. The lowest BCUT2D eigenvalue weighted by Crippen LogP contribution is -2.28. The van der Waals surface area contributed by atoms with Gasteiger partial charge < -0.3 is 20.9 Å². The number of nitrogens with two attached hydrogens (primary N) is 1. The number of nitrogens with one attached hydrogen (secondary N) is 1. The zero-order chi connectivity index (χ0) is 14.4. The van der Waals surface area contributed by atoms with Gasteiger partial charge in [-0.15, -0.1) is 0 Å². The summed E-state index contributed by atoms with van der Waals surface area (Å²) >= 11 is 0. The maximum Gasteiger partial charge on any atom is 0.123 e. The predicted molar refractivity (Wildman–Crippen MR) is 83.0 cm³/mol. The van der Waals surface area contributed by atoms with Crippen molar-refractivity contribution >= 4 is 11.4 Å². The summed E-state index contributed by atoms with van der Waals surface area (Å²) in [7, 11) is 0. The van der Waals surface area contributed by atoms with Crippen molar-refractivity contribution in [1.82, 2.24) is 0 Å². The molecule has 0 spiro atoms. The van der Waals surface area contributed by atoms with Crippen molar-refractivity contribution in [1.29, 1.82) is 0 Å². The topological polar surface area (TPSA) is 67.5 Å². The zero-order valence-electron chi connectivity index (χ0n) is 12.3. The molecule has 0 aliphatic heterocycles. The minimum atomic E-state index is 0.299. The first-order valence-corrected chi connectivity index (χ1v) is 7.61. The van der Waals surface area contributed by atoms with Crippen LogP contribution < -0.4 is 15.8 Å². The molecule has 20 heavy (non-hydrogen) atoms. The molecule has 1 aliphatic rings. The predicted octanol–water partition coefficient (Wildman–Crippen LogP) is 2.88. The van der Waals surface area contributed by atoms with Crippen LogP contribution in [0.5, 0.6) is 5.75 Å². The number of hydrogen-bond donors (Lipinski definition) is 3. The summed E-state index contributed by atoms with van der Waals surface area (Å²) in [5.74, 6) is 1.78. The van der Waals surface area contributed by atoms with Crippen LogP contribution in [0, 0.1) is 11.8 Å². The minimum Gasteiger partial charge on any atom is -0.494 e. The van der Waals surface area contributed by atoms with Gasteiger partial charge in [0, 0.05) is 36.7 Å². The van der Waals surface area contributed by atoms with Gasteiger partial charge in [0.2, 0.25) is 0 Å². The molecule has 4 N–H and O–H groups in total. The molecule has 1 saturated carbocycles. The first-order valence-electron chi connectivity index (χ1n) is 7.61. The Morgan fingerprint density at radius 1 is 1.25 bits per heavy atom. The lowest BCUT2D eigenvalue weighted by molar-refractivity contribution is 0.141. The normalized spacial score (nSPS) is 22.5. The molecule has 2 unspecified atom stereocenters. The van der Waals surface area contributed by atoms with Gasteiger partial charge >= 0.3 is 0 Å². The number of nitrogen functional groups attached to an aromatic ring is 1. The third-order valence-electron chi connectivity index (χ3n) is 4.11. The lowest BCUT2D eigenvalue weighted by atomic mass is 9.79. The SMILES string of the molecule is CCOc1cc(N)cc(NCC2CCCCC2CO)c1. The van der Waals surface area contributed by atoms with Crippen LogP contribution in [0.4, 0.5) is 11.4 Å². The smallest absolute Gasteiger partial charge is 0.123 e. The van der Waals surface area contributed by atoms with Gasteiger partial charge in [0.1, 0.15) is 5.75 Å². The first-order chi connectivity index (χ1) is 9.72. The molecule has 0 radical (unpaired) electrons. The van der Waals surface area contributed by atoms with E-state index in [1.165, 1.54) is 19.3 Å². The fourth-order valence-electron chi connectivity index (χ4n) is 3.02. The molecule has 0 amide bonds. The lowest BCUT2D eigenvalue weighted by Gasteiger charge is -2.30. The highest BCUT2D eigenvalue weighted by atomic mass is 16.5. The third-order valence-corrected chi connectivity index (χ3v) is 4.11. The van der Waals surface area contributed by atoms with Crippen molar-refractivity contribution in [3.05, 3.63) is 18.2 Å². The van der Waals surface area contributed by atoms with Gasteiger partial charge in [-0.1, -0.05) is 12.8 Å². The van der Waals surface area contributed by atoms with Crippen LogP contribution in [0.1, 0.15) is 32.6 Å². The number of aliphatic hydroxyl groups is 1. The quantitative estimate of drug-likeness (QED) is 0.700. The van der Waals surface area contributed by atoms with Crippen molar-refractivity contribution < 1.29 is 9.84 Å². The van der Waals surface area contributed by atoms with Gasteiger partial charge in [-0.3, -0.25) is 0 Å². The molecule has 2 atom stereocenters. The molecule has 0 bridgehead atoms. The molecular formula is C16H26N2O2. The Balaban J connectivity index is 1.95. The van der Waals surface area contributed by atoms with Crippen molar-refractivity contribution in [3.63, 3.8) is 0 Å². The van der Waals surface area contributed by atoms with Gasteiger partial charge in [-0.25, -0.2) is 0 Å². The molecule has 4 nitrogen and oxygen atoms in total. The molecule has 2 rings (SSSR count). The molecule has 1 aliphatic carbocycles. The maximum atomic E-state index is 9.45. The van der Waals surface area contributed by atoms with E-state index in [4.69, 9.17) is 10.5 Å². The van der Waals surface area contributed by atoms with Gasteiger partial charge in [0.25, 0.3) is 0 Å². The van der Waals surface area contributed by atoms with Crippen LogP contribution in [0.2, 0.25) is 0 Å². The van der Waals surface area contributed by atoms with E-state index in [0.717, 1.165) is 24.4 Å². The Kier molecular flexibility index (Phi) is 5.53. The molecule has 0 heterocycles. The van der Waals surface area contributed by atoms with Gasteiger partial charge in [-0.05, 0) is 37.7 Å². The van der Waals surface area contributed by atoms with Crippen LogP contribution in [0.15, 0.2) is 18.2 Å². The Hall–Kier alpha value is -1.42. The van der Waals surface area contributed by atoms with E-state index in [-0.39, 0.29) is 0 Å². The van der Waals surface area contributed by atoms with E-state index in [1.54, 1.807) is 0 Å². The summed E-state index contributed by atoms with van der Waals surface area (Å²) in [4.78, 5) is 0. The van der Waals surface area contributed by atoms with Crippen LogP contribution in [0.25, 0.3) is 0 Å². The summed E-state index contributed by atoms with van der Waals surface area (Å²) in [6.45, 7) is 3.79. The zero-order valence-corrected chi connectivity index (χ0v) is 12.3. The van der Waals surface area contributed by atoms with Gasteiger partial charge in [0.15, 0.2) is 0 Å². The Bertz CT molecular complexity index is 423. The van der Waals surface area contributed by atoms with Gasteiger partial charge in [0.05, 0.1) is 6.61 Å². The van der Waals surface area contributed by atoms with Crippen LogP contribution >= 0.6 is 0 Å². The third kappa shape index (κ3) is 4.04. The largest absolute Gasteiger partial charge is 0.494 e. The summed E-state index contributed by atoms with van der Waals surface area (Å²) in [5, 5.41) is 12.9. The Morgan fingerprint density at radius 2 is 2.00 bits per heavy atom. The van der Waals surface area contributed by atoms with E-state index in [0.29, 0.717) is 30.7 Å². The highest BCUT2D eigenvalue weighted by molar-refractivity contribution is 5.59. The second kappa shape index (κ2) is 7.39. The second-order valence-corrected chi connectivity index (χ2v) is 5.59. The number of aliphatic hydroxyl groups excluding tert-OH is 1. The average molecular weight is 278 g/mol. The highest BCUT2D eigenvalue weighted by Gasteiger charge is 2.24. The molecule has 1 aromatic carbocycles. The molecule has 1 aromatic rings. The van der Waals surface area contributed by atoms with E-state index in [1.807, 2.05) is 25.1 Å². The van der Waals surface area contributed by atoms with E-state index in [2.05, 4.69) is 5.32 Å². The molecule has 112 valence electrons. The average Bonchev–Trinajstić information content (AvgIpc) is 2.45. The van der Waals surface area contributed by atoms with Crippen LogP contribution in [-0.4, -0.2) is 24.9 Å². The fraction of sp³-hybridized carbons (Fsp3) is 0.625. The summed E-state index contributed by atoms with van der Waals surface area (Å²) < 4.78 is 5.50. The Morgan fingerprint density at radius 3 is 2.70 bits per heavy atom. The van der Waals surface area contributed by atoms with Crippen molar-refractivity contribution in [2.24, 2.45) is 11.8 Å². The first kappa shape index (κ1) is 15.0. The molecule has 4 heteroatoms. The van der Waals surface area contributed by atoms with E-state index >= 15 is 0 Å². The second-order valence-electron chi connectivity index (χ2n) is 5.59. The molecule has 1 fully saturated rings. The monoisotopic (exact) mass is 278 g/mol. The van der Waals surface area contributed by atoms with E-state index < -0.39 is 0 Å². The van der Waals surface area contributed by atoms with Crippen LogP contribution in [0.3, 0.4) is 0 Å². The highest BCUT2D eigenvalue weighted by Crippen LogP contribution is 2.30. The summed E-state index contributed by atoms with van der Waals surface area (Å²) in [5.41, 5.74) is 7.60. The standard InChI is InChI=1S/C16H26N2O2/c1-2-20-16-8-14(17)7-15(9-16)18-10-12-5-3-4-6-13(12)11-19/h7-9,12-13,18-19H,2-6,10-11,17H2,1H3. The summed E-state index contributed by atoms with van der Waals surface area (Å²) in [6, 6.07) is 5.75. The van der Waals surface area contributed by atoms with Crippen molar-refractivity contribution in [2.45, 2.75) is 32.6 Å². The van der Waals surface area contributed by atoms with E-state index in [9.17, 15) is 5.11 Å². The van der Waals surface area contributed by atoms with Gasteiger partial charge in [-0.2, -0.15) is 0 Å². The minimum absolute atomic E-state index is 0.299. The summed E-state index contributed by atoms with van der Waals surface area (Å²) in [6.07, 6.45) is 4.85. The molecular weight excluding hydrogens is 252 g/mol. The molecule has 0 aromatic heterocycles. The number of hydrogen-bond acceptors (Lipinski definition) is 4. The fourth-order valence-corrected chi connectivity index (χ4v) is 3.02. The maximum absolute atomic E-state index is 9.45. The van der Waals surface area contributed by atoms with Crippen LogP contribution in [-0.2, 0) is 0 Å². The van der Waals surface area contributed by atoms with Crippen molar-refractivity contribution in [2.75, 3.05) is 30.8 Å².